The van der Waals surface area contributed by atoms with Crippen molar-refractivity contribution >= 4 is 27.9 Å². The molecule has 1 unspecified atom stereocenters. The van der Waals surface area contributed by atoms with E-state index in [0.717, 1.165) is 31.0 Å². The highest BCUT2D eigenvalue weighted by Crippen LogP contribution is 2.12. The maximum absolute atomic E-state index is 11.7. The van der Waals surface area contributed by atoms with Crippen molar-refractivity contribution in [2.24, 2.45) is 0 Å². The van der Waals surface area contributed by atoms with E-state index < -0.39 is 0 Å². The standard InChI is InChI=1S/C10H17BrN2O2/c1-2-5-8-9(14)13(10(15)12-8)7-4-3-6-11/h8H,2-7H2,1H3,(H,12,15). The van der Waals surface area contributed by atoms with E-state index in [4.69, 9.17) is 0 Å². The molecule has 0 bridgehead atoms. The number of halogens is 1. The van der Waals surface area contributed by atoms with Crippen LogP contribution in [-0.2, 0) is 4.79 Å². The van der Waals surface area contributed by atoms with Crippen molar-refractivity contribution in [1.82, 2.24) is 10.2 Å². The predicted molar refractivity (Wildman–Crippen MR) is 62.0 cm³/mol. The molecule has 1 aliphatic rings. The first kappa shape index (κ1) is 12.5. The van der Waals surface area contributed by atoms with Gasteiger partial charge in [0.2, 0.25) is 0 Å². The van der Waals surface area contributed by atoms with Crippen molar-refractivity contribution in [2.75, 3.05) is 11.9 Å². The van der Waals surface area contributed by atoms with Crippen LogP contribution in [0.25, 0.3) is 0 Å². The number of rotatable bonds is 6. The van der Waals surface area contributed by atoms with Crippen LogP contribution in [-0.4, -0.2) is 34.8 Å². The van der Waals surface area contributed by atoms with Crippen molar-refractivity contribution < 1.29 is 9.59 Å². The monoisotopic (exact) mass is 276 g/mol. The zero-order chi connectivity index (χ0) is 11.3. The van der Waals surface area contributed by atoms with Crippen LogP contribution in [0.5, 0.6) is 0 Å². The molecule has 1 heterocycles. The van der Waals surface area contributed by atoms with E-state index in [2.05, 4.69) is 21.2 Å². The summed E-state index contributed by atoms with van der Waals surface area (Å²) >= 11 is 3.32. The third-order valence-corrected chi connectivity index (χ3v) is 3.01. The highest BCUT2D eigenvalue weighted by molar-refractivity contribution is 9.09. The van der Waals surface area contributed by atoms with Crippen LogP contribution in [0.4, 0.5) is 4.79 Å². The zero-order valence-corrected chi connectivity index (χ0v) is 10.5. The second-order valence-electron chi connectivity index (χ2n) is 3.68. The van der Waals surface area contributed by atoms with Crippen LogP contribution >= 0.6 is 15.9 Å². The van der Waals surface area contributed by atoms with Gasteiger partial charge in [-0.15, -0.1) is 0 Å². The third-order valence-electron chi connectivity index (χ3n) is 2.45. The molecule has 5 heteroatoms. The number of imide groups is 1. The van der Waals surface area contributed by atoms with Gasteiger partial charge in [-0.05, 0) is 19.3 Å². The first-order chi connectivity index (χ1) is 7.20. The second kappa shape index (κ2) is 6.10. The van der Waals surface area contributed by atoms with Crippen molar-refractivity contribution in [1.29, 1.82) is 0 Å². The Balaban J connectivity index is 2.44. The highest BCUT2D eigenvalue weighted by atomic mass is 79.9. The van der Waals surface area contributed by atoms with Gasteiger partial charge in [0, 0.05) is 11.9 Å². The van der Waals surface area contributed by atoms with Gasteiger partial charge in [-0.25, -0.2) is 4.79 Å². The van der Waals surface area contributed by atoms with Gasteiger partial charge in [0.15, 0.2) is 0 Å². The topological polar surface area (TPSA) is 49.4 Å². The largest absolute Gasteiger partial charge is 0.326 e. The molecule has 0 aromatic carbocycles. The Morgan fingerprint density at radius 1 is 1.40 bits per heavy atom. The molecule has 3 amide bonds. The van der Waals surface area contributed by atoms with E-state index in [1.54, 1.807) is 0 Å². The van der Waals surface area contributed by atoms with Crippen molar-refractivity contribution in [3.8, 4) is 0 Å². The number of alkyl halides is 1. The van der Waals surface area contributed by atoms with Gasteiger partial charge in [-0.3, -0.25) is 9.69 Å². The molecule has 0 aliphatic carbocycles. The molecule has 4 nitrogen and oxygen atoms in total. The molecule has 15 heavy (non-hydrogen) atoms. The smallest absolute Gasteiger partial charge is 0.324 e. The molecule has 0 aromatic heterocycles. The lowest BCUT2D eigenvalue weighted by Gasteiger charge is -2.11. The van der Waals surface area contributed by atoms with E-state index in [-0.39, 0.29) is 18.0 Å². The minimum atomic E-state index is -0.286. The predicted octanol–water partition coefficient (Wildman–Crippen LogP) is 1.88. The Bertz CT molecular complexity index is 246. The summed E-state index contributed by atoms with van der Waals surface area (Å²) in [5.41, 5.74) is 0. The molecule has 0 saturated carbocycles. The van der Waals surface area contributed by atoms with E-state index >= 15 is 0 Å². The summed E-state index contributed by atoms with van der Waals surface area (Å²) in [6.07, 6.45) is 3.49. The molecular weight excluding hydrogens is 260 g/mol. The number of urea groups is 1. The van der Waals surface area contributed by atoms with Gasteiger partial charge in [-0.2, -0.15) is 0 Å². The summed E-state index contributed by atoms with van der Waals surface area (Å²) in [4.78, 5) is 24.5. The fourth-order valence-electron chi connectivity index (χ4n) is 1.64. The Morgan fingerprint density at radius 2 is 2.13 bits per heavy atom. The summed E-state index contributed by atoms with van der Waals surface area (Å²) in [7, 11) is 0. The Morgan fingerprint density at radius 3 is 2.73 bits per heavy atom. The minimum absolute atomic E-state index is 0.0589. The SMILES string of the molecule is CCCC1NC(=O)N(CCCCBr)C1=O. The molecule has 86 valence electrons. The van der Waals surface area contributed by atoms with Crippen LogP contribution < -0.4 is 5.32 Å². The van der Waals surface area contributed by atoms with Crippen LogP contribution in [0.1, 0.15) is 32.6 Å². The van der Waals surface area contributed by atoms with Gasteiger partial charge in [-0.1, -0.05) is 29.3 Å². The van der Waals surface area contributed by atoms with E-state index in [1.165, 1.54) is 4.90 Å². The lowest BCUT2D eigenvalue weighted by atomic mass is 10.1. The Kier molecular flexibility index (Phi) is 5.08. The summed E-state index contributed by atoms with van der Waals surface area (Å²) in [5.74, 6) is -0.0589. The number of unbranched alkanes of at least 4 members (excludes halogenated alkanes) is 1. The molecule has 1 N–H and O–H groups in total. The Hall–Kier alpha value is -0.580. The maximum Gasteiger partial charge on any atom is 0.324 e. The van der Waals surface area contributed by atoms with Crippen LogP contribution in [0, 0.1) is 0 Å². The van der Waals surface area contributed by atoms with Crippen molar-refractivity contribution in [3.05, 3.63) is 0 Å². The molecule has 1 rings (SSSR count). The van der Waals surface area contributed by atoms with Crippen molar-refractivity contribution in [2.45, 2.75) is 38.6 Å². The average Bonchev–Trinajstić information content (AvgIpc) is 2.46. The molecule has 1 atom stereocenters. The van der Waals surface area contributed by atoms with Crippen LogP contribution in [0.3, 0.4) is 0 Å². The summed E-state index contributed by atoms with van der Waals surface area (Å²) in [6, 6.07) is -0.514. The number of carbonyl (C=O) groups is 2. The molecule has 0 spiro atoms. The van der Waals surface area contributed by atoms with Crippen molar-refractivity contribution in [3.63, 3.8) is 0 Å². The van der Waals surface area contributed by atoms with Gasteiger partial charge >= 0.3 is 6.03 Å². The normalized spacial score (nSPS) is 20.9. The quantitative estimate of drug-likeness (QED) is 0.458. The lowest BCUT2D eigenvalue weighted by molar-refractivity contribution is -0.127. The maximum atomic E-state index is 11.7. The van der Waals surface area contributed by atoms with E-state index in [9.17, 15) is 9.59 Å². The zero-order valence-electron chi connectivity index (χ0n) is 8.96. The summed E-state index contributed by atoms with van der Waals surface area (Å²) < 4.78 is 0. The fourth-order valence-corrected chi connectivity index (χ4v) is 2.03. The average molecular weight is 277 g/mol. The third kappa shape index (κ3) is 3.19. The van der Waals surface area contributed by atoms with E-state index in [1.807, 2.05) is 6.92 Å². The van der Waals surface area contributed by atoms with Crippen LogP contribution in [0.2, 0.25) is 0 Å². The highest BCUT2D eigenvalue weighted by Gasteiger charge is 2.36. The number of hydrogen-bond acceptors (Lipinski definition) is 2. The lowest BCUT2D eigenvalue weighted by Crippen LogP contribution is -2.32. The van der Waals surface area contributed by atoms with Crippen LogP contribution in [0.15, 0.2) is 0 Å². The molecule has 1 aliphatic heterocycles. The number of hydrogen-bond donors (Lipinski definition) is 1. The number of nitrogens with one attached hydrogen (secondary N) is 1. The van der Waals surface area contributed by atoms with E-state index in [0.29, 0.717) is 6.54 Å². The fraction of sp³-hybridized carbons (Fsp3) is 0.800. The first-order valence-corrected chi connectivity index (χ1v) is 6.50. The Labute approximate surface area is 98.5 Å². The minimum Gasteiger partial charge on any atom is -0.326 e. The van der Waals surface area contributed by atoms with Gasteiger partial charge in [0.25, 0.3) is 5.91 Å². The van der Waals surface area contributed by atoms with Gasteiger partial charge < -0.3 is 5.32 Å². The summed E-state index contributed by atoms with van der Waals surface area (Å²) in [5, 5.41) is 3.62. The molecule has 0 radical (unpaired) electrons. The molecule has 1 fully saturated rings. The summed E-state index contributed by atoms with van der Waals surface area (Å²) in [6.45, 7) is 2.55. The van der Waals surface area contributed by atoms with Gasteiger partial charge in [0.1, 0.15) is 6.04 Å². The molecule has 1 saturated heterocycles. The number of nitrogens with zero attached hydrogens (tertiary/aromatic N) is 1. The number of carbonyl (C=O) groups excluding carboxylic acids is 2. The molecular formula is C10H17BrN2O2. The molecule has 0 aromatic rings. The van der Waals surface area contributed by atoms with Gasteiger partial charge in [0.05, 0.1) is 0 Å². The first-order valence-electron chi connectivity index (χ1n) is 5.38. The second-order valence-corrected chi connectivity index (χ2v) is 4.47. The number of amides is 3.